The van der Waals surface area contributed by atoms with Crippen LogP contribution in [-0.2, 0) is 40.5 Å². The van der Waals surface area contributed by atoms with Gasteiger partial charge in [-0.1, -0.05) is 0 Å². The van der Waals surface area contributed by atoms with Crippen molar-refractivity contribution in [1.82, 2.24) is 0 Å². The average Bonchev–Trinajstić information content (AvgIpc) is 3.14. The van der Waals surface area contributed by atoms with Crippen LogP contribution in [0.15, 0.2) is 107 Å². The summed E-state index contributed by atoms with van der Waals surface area (Å²) < 4.78 is 147. The number of carbonyl (C=O) groups excluding carboxylic acids is 2. The molecule has 0 aliphatic heterocycles. The Labute approximate surface area is 452 Å². The van der Waals surface area contributed by atoms with E-state index in [0.717, 1.165) is 0 Å². The van der Waals surface area contributed by atoms with Crippen molar-refractivity contribution in [3.8, 4) is 5.75 Å². The molecule has 0 unspecified atom stereocenters. The van der Waals surface area contributed by atoms with Crippen molar-refractivity contribution in [1.29, 1.82) is 0 Å². The second kappa shape index (κ2) is 21.9. The fourth-order valence-corrected chi connectivity index (χ4v) is 8.00. The Morgan fingerprint density at radius 2 is 0.953 bits per heavy atom. The number of fused-ring (bicyclic) bond motifs is 2. The van der Waals surface area contributed by atoms with E-state index in [0.29, 0.717) is 36.4 Å². The number of rotatable bonds is 11. The Kier molecular flexibility index (Phi) is 19.7. The molecule has 31 heteroatoms. The van der Waals surface area contributed by atoms with Gasteiger partial charge in [0.15, 0.2) is 0 Å². The van der Waals surface area contributed by atoms with Gasteiger partial charge in [0.1, 0.15) is 57.6 Å². The van der Waals surface area contributed by atoms with Crippen molar-refractivity contribution in [2.75, 3.05) is 29.4 Å². The molecule has 0 fully saturated rings. The third-order valence-corrected chi connectivity index (χ3v) is 11.6. The van der Waals surface area contributed by atoms with Crippen LogP contribution in [0.4, 0.5) is 34.1 Å². The number of nitrogen functional groups attached to an aromatic ring is 2. The SMILES string of the molecule is COc1cc(N=Nc2ccc(N/N=C3\C(=O)c4c(N)cc(S(=O)(=O)[O-])cc4C=C3S(=O)(=O)[O-])cc2)ccc1N/N=C1/C(=O)c2c(N)cc(S(=O)(=O)[O-])cc2C=C1S(=O)(=O)[O-].[Na+].[Na+].[Na+].[Na+]. The van der Waals surface area contributed by atoms with E-state index >= 15 is 0 Å². The molecular weight excluding hydrogens is 969 g/mol. The number of carbonyl (C=O) groups is 2. The number of benzene rings is 4. The van der Waals surface area contributed by atoms with Crippen LogP contribution in [0.1, 0.15) is 31.8 Å². The molecule has 0 aromatic heterocycles. The summed E-state index contributed by atoms with van der Waals surface area (Å²) in [4.78, 5) is 22.6. The van der Waals surface area contributed by atoms with Crippen LogP contribution >= 0.6 is 0 Å². The minimum atomic E-state index is -5.40. The van der Waals surface area contributed by atoms with Crippen LogP contribution in [0.2, 0.25) is 0 Å². The van der Waals surface area contributed by atoms with Gasteiger partial charge in [0, 0.05) is 17.4 Å². The standard InChI is InChI=1S/C33H26N8O15S4.4Na/c1-56-25-12-19(6-7-24(25)39-41-31-27(60(53,54)55)11-16-9-21(58(47,48)49)14-23(35)29(16)33(31)43)38-36-17-2-4-18(5-3-17)37-40-30-26(59(50,51)52)10-15-8-20(57(44,45)46)13-22(34)28(15)32(30)42;;;;/h2-14,37,39H,34-35H2,1H3,(H,44,45,46)(H,47,48,49)(H,50,51,52)(H,53,54,55);;;;/q;4*+1/p-4/b38-36?,40-30-,41-31+;;;;. The molecule has 0 bridgehead atoms. The van der Waals surface area contributed by atoms with Crippen LogP contribution in [0.3, 0.4) is 0 Å². The van der Waals surface area contributed by atoms with E-state index in [4.69, 9.17) is 16.2 Å². The molecule has 4 aromatic carbocycles. The van der Waals surface area contributed by atoms with E-state index in [1.807, 2.05) is 0 Å². The van der Waals surface area contributed by atoms with Crippen molar-refractivity contribution >= 4 is 110 Å². The van der Waals surface area contributed by atoms with Gasteiger partial charge in [0.05, 0.1) is 60.6 Å². The smallest absolute Gasteiger partial charge is 0.744 e. The normalized spacial score (nSPS) is 15.0. The number of ether oxygens (including phenoxy) is 1. The number of Topliss-reactive ketones (excluding diaryl/α,β-unsaturated/α-hetero) is 2. The number of azo groups is 1. The van der Waals surface area contributed by atoms with Gasteiger partial charge >= 0.3 is 118 Å². The fourth-order valence-electron chi connectivity index (χ4n) is 5.62. The van der Waals surface area contributed by atoms with Crippen molar-refractivity contribution in [2.45, 2.75) is 9.79 Å². The summed E-state index contributed by atoms with van der Waals surface area (Å²) in [7, 11) is -19.7. The van der Waals surface area contributed by atoms with Gasteiger partial charge in [-0.2, -0.15) is 20.4 Å². The summed E-state index contributed by atoms with van der Waals surface area (Å²) in [5.41, 5.74) is 12.8. The molecule has 0 atom stereocenters. The Bertz CT molecular complexity index is 3200. The molecular formula is C33H22N8Na4O15S4. The zero-order chi connectivity index (χ0) is 44.1. The predicted molar refractivity (Wildman–Crippen MR) is 207 cm³/mol. The van der Waals surface area contributed by atoms with Crippen molar-refractivity contribution in [3.05, 3.63) is 98.8 Å². The van der Waals surface area contributed by atoms with E-state index < -0.39 is 117 Å². The maximum Gasteiger partial charge on any atom is 1.00 e. The first-order valence-electron chi connectivity index (χ1n) is 16.0. The third-order valence-electron chi connectivity index (χ3n) is 8.30. The number of hydrogen-bond acceptors (Lipinski definition) is 23. The minimum Gasteiger partial charge on any atom is -0.744 e. The Morgan fingerprint density at radius 1 is 0.547 bits per heavy atom. The molecule has 0 heterocycles. The first kappa shape index (κ1) is 57.4. The van der Waals surface area contributed by atoms with E-state index in [1.165, 1.54) is 49.6 Å². The number of hydrazone groups is 2. The molecule has 6 N–H and O–H groups in total. The minimum absolute atomic E-state index is 0. The number of nitrogens with two attached hydrogens (primary N) is 2. The summed E-state index contributed by atoms with van der Waals surface area (Å²) in [5.74, 6) is -2.29. The van der Waals surface area contributed by atoms with Crippen molar-refractivity contribution in [3.63, 3.8) is 0 Å². The number of hydrogen-bond donors (Lipinski definition) is 4. The van der Waals surface area contributed by atoms with Gasteiger partial charge in [-0.15, -0.1) is 0 Å². The van der Waals surface area contributed by atoms with Crippen molar-refractivity contribution < 1.29 is 184 Å². The Balaban J connectivity index is 0.00000352. The first-order valence-corrected chi connectivity index (χ1v) is 21.6. The molecule has 6 rings (SSSR count). The van der Waals surface area contributed by atoms with E-state index in [1.54, 1.807) is 0 Å². The molecule has 4 aromatic rings. The summed E-state index contributed by atoms with van der Waals surface area (Å²) in [6, 6.07) is 12.5. The third kappa shape index (κ3) is 12.8. The van der Waals surface area contributed by atoms with E-state index in [9.17, 15) is 61.5 Å². The molecule has 0 saturated heterocycles. The van der Waals surface area contributed by atoms with E-state index in [-0.39, 0.29) is 147 Å². The molecule has 0 saturated carbocycles. The number of anilines is 4. The zero-order valence-corrected chi connectivity index (χ0v) is 45.0. The Hall–Kier alpha value is -2.72. The van der Waals surface area contributed by atoms with Crippen molar-refractivity contribution in [2.24, 2.45) is 20.4 Å². The van der Waals surface area contributed by atoms with Gasteiger partial charge in [0.25, 0.3) is 0 Å². The maximum atomic E-state index is 13.3. The van der Waals surface area contributed by atoms with Crippen LogP contribution < -0.4 is 145 Å². The fraction of sp³-hybridized carbons (Fsp3) is 0.0303. The largest absolute Gasteiger partial charge is 1.00 e. The van der Waals surface area contributed by atoms with Gasteiger partial charge in [-0.05, 0) is 83.9 Å². The van der Waals surface area contributed by atoms with E-state index in [2.05, 4.69) is 31.3 Å². The molecule has 0 radical (unpaired) electrons. The zero-order valence-electron chi connectivity index (χ0n) is 33.7. The van der Waals surface area contributed by atoms with Crippen LogP contribution in [-0.4, -0.2) is 82.0 Å². The average molecular weight is 991 g/mol. The van der Waals surface area contributed by atoms with Gasteiger partial charge in [-0.25, -0.2) is 33.7 Å². The predicted octanol–water partition coefficient (Wildman–Crippen LogP) is -9.80. The molecule has 0 amide bonds. The number of allylic oxidation sites excluding steroid dienone is 2. The van der Waals surface area contributed by atoms with Gasteiger partial charge in [-0.3, -0.25) is 20.4 Å². The second-order valence-electron chi connectivity index (χ2n) is 12.2. The molecule has 23 nitrogen and oxygen atoms in total. The number of nitrogens with zero attached hydrogens (tertiary/aromatic N) is 4. The van der Waals surface area contributed by atoms with Gasteiger partial charge in [0.2, 0.25) is 11.6 Å². The molecule has 2 aliphatic carbocycles. The first-order chi connectivity index (χ1) is 27.9. The van der Waals surface area contributed by atoms with Gasteiger partial charge < -0.3 is 34.4 Å². The molecule has 0 spiro atoms. The van der Waals surface area contributed by atoms with Crippen LogP contribution in [0.25, 0.3) is 12.2 Å². The number of ketones is 2. The summed E-state index contributed by atoms with van der Waals surface area (Å²) in [6.07, 6.45) is 1.34. The number of methoxy groups -OCH3 is 1. The molecule has 2 aliphatic rings. The topological polar surface area (TPSA) is 398 Å². The molecule has 64 heavy (non-hydrogen) atoms. The quantitative estimate of drug-likeness (QED) is 0.0356. The Morgan fingerprint density at radius 3 is 1.36 bits per heavy atom. The second-order valence-corrected chi connectivity index (χ2v) is 17.7. The summed E-state index contributed by atoms with van der Waals surface area (Å²) in [6.45, 7) is 0. The number of nitrogens with one attached hydrogen (secondary N) is 2. The summed E-state index contributed by atoms with van der Waals surface area (Å²) >= 11 is 0. The monoisotopic (exact) mass is 990 g/mol. The maximum absolute atomic E-state index is 13.3. The van der Waals surface area contributed by atoms with Crippen LogP contribution in [0.5, 0.6) is 5.75 Å². The summed E-state index contributed by atoms with van der Waals surface area (Å²) in [5, 5.41) is 15.8. The molecule has 312 valence electrons. The van der Waals surface area contributed by atoms with Crippen LogP contribution in [0, 0.1) is 0 Å².